The summed E-state index contributed by atoms with van der Waals surface area (Å²) in [5.41, 5.74) is 3.64. The van der Waals surface area contributed by atoms with Crippen molar-refractivity contribution in [2.45, 2.75) is 24.4 Å². The maximum Gasteiger partial charge on any atom is 0.253 e. The minimum Gasteiger partial charge on any atom is -0.352 e. The molecule has 3 aromatic rings. The van der Waals surface area contributed by atoms with Crippen molar-refractivity contribution in [3.63, 3.8) is 0 Å². The Labute approximate surface area is 199 Å². The third-order valence-corrected chi connectivity index (χ3v) is 7.82. The zero-order valence-corrected chi connectivity index (χ0v) is 20.0. The molecule has 172 valence electrons. The van der Waals surface area contributed by atoms with E-state index in [1.54, 1.807) is 6.20 Å². The van der Waals surface area contributed by atoms with Crippen LogP contribution in [-0.2, 0) is 29.5 Å². The standard InChI is InChI=1S/C24H25ClN4O3S/c1-28(2)33(31,32)20-8-9-22(25)21(13-20)24(30)27-15-17-7-10-23(26-14-17)29-12-11-18-5-3-4-6-19(18)16-29/h3-10,13-14H,11-12,15-16H2,1-2H3,(H,27,30). The fourth-order valence-corrected chi connectivity index (χ4v) is 4.86. The average Bonchev–Trinajstić information content (AvgIpc) is 2.82. The molecule has 7 nitrogen and oxygen atoms in total. The van der Waals surface area contributed by atoms with Crippen molar-refractivity contribution in [1.82, 2.24) is 14.6 Å². The van der Waals surface area contributed by atoms with Gasteiger partial charge in [-0.1, -0.05) is 41.9 Å². The van der Waals surface area contributed by atoms with Gasteiger partial charge in [-0.05, 0) is 47.4 Å². The molecule has 1 aliphatic heterocycles. The van der Waals surface area contributed by atoms with Crippen LogP contribution in [0.1, 0.15) is 27.0 Å². The Bertz CT molecular complexity index is 1280. The van der Waals surface area contributed by atoms with E-state index >= 15 is 0 Å². The summed E-state index contributed by atoms with van der Waals surface area (Å²) in [5, 5.41) is 2.97. The minimum absolute atomic E-state index is 0.0103. The third kappa shape index (κ3) is 5.03. The van der Waals surface area contributed by atoms with Crippen LogP contribution in [0.2, 0.25) is 5.02 Å². The van der Waals surface area contributed by atoms with E-state index in [-0.39, 0.29) is 22.0 Å². The number of hydrogen-bond acceptors (Lipinski definition) is 5. The van der Waals surface area contributed by atoms with E-state index in [0.29, 0.717) is 0 Å². The number of pyridine rings is 1. The summed E-state index contributed by atoms with van der Waals surface area (Å²) in [4.78, 5) is 19.5. The second kappa shape index (κ2) is 9.51. The molecule has 1 amide bonds. The van der Waals surface area contributed by atoms with E-state index in [1.807, 2.05) is 12.1 Å². The summed E-state index contributed by atoms with van der Waals surface area (Å²) in [6.07, 6.45) is 2.73. The number of fused-ring (bicyclic) bond motifs is 1. The van der Waals surface area contributed by atoms with Crippen molar-refractivity contribution in [3.8, 4) is 0 Å². The molecular weight excluding hydrogens is 460 g/mol. The molecule has 0 unspecified atom stereocenters. The van der Waals surface area contributed by atoms with Crippen molar-refractivity contribution in [2.24, 2.45) is 0 Å². The van der Waals surface area contributed by atoms with Gasteiger partial charge in [-0.25, -0.2) is 17.7 Å². The van der Waals surface area contributed by atoms with Gasteiger partial charge in [0.25, 0.3) is 5.91 Å². The van der Waals surface area contributed by atoms with Gasteiger partial charge in [0.2, 0.25) is 10.0 Å². The van der Waals surface area contributed by atoms with E-state index in [1.165, 1.54) is 43.4 Å². The number of anilines is 1. The largest absolute Gasteiger partial charge is 0.352 e. The molecule has 4 rings (SSSR count). The number of nitrogens with zero attached hydrogens (tertiary/aromatic N) is 3. The van der Waals surface area contributed by atoms with Crippen LogP contribution in [0.15, 0.2) is 65.7 Å². The zero-order chi connectivity index (χ0) is 23.6. The fraction of sp³-hybridized carbons (Fsp3) is 0.250. The summed E-state index contributed by atoms with van der Waals surface area (Å²) in [5.74, 6) is 0.441. The molecule has 1 aliphatic rings. The fourth-order valence-electron chi connectivity index (χ4n) is 3.73. The molecule has 33 heavy (non-hydrogen) atoms. The predicted molar refractivity (Wildman–Crippen MR) is 129 cm³/mol. The highest BCUT2D eigenvalue weighted by atomic mass is 35.5. The summed E-state index contributed by atoms with van der Waals surface area (Å²) in [6.45, 7) is 1.98. The van der Waals surface area contributed by atoms with Crippen LogP contribution < -0.4 is 10.2 Å². The normalized spacial score (nSPS) is 13.6. The first-order chi connectivity index (χ1) is 15.8. The lowest BCUT2D eigenvalue weighted by atomic mass is 10.00. The Balaban J connectivity index is 1.41. The molecular formula is C24H25ClN4O3S. The lowest BCUT2D eigenvalue weighted by Crippen LogP contribution is -2.31. The highest BCUT2D eigenvalue weighted by Crippen LogP contribution is 2.24. The molecule has 0 saturated carbocycles. The van der Waals surface area contributed by atoms with E-state index < -0.39 is 15.9 Å². The highest BCUT2D eigenvalue weighted by Gasteiger charge is 2.21. The molecule has 0 saturated heterocycles. The SMILES string of the molecule is CN(C)S(=O)(=O)c1ccc(Cl)c(C(=O)NCc2ccc(N3CCc4ccccc4C3)nc2)c1. The van der Waals surface area contributed by atoms with E-state index in [0.717, 1.165) is 35.2 Å². The smallest absolute Gasteiger partial charge is 0.253 e. The average molecular weight is 485 g/mol. The molecule has 0 fully saturated rings. The summed E-state index contributed by atoms with van der Waals surface area (Å²) in [7, 11) is -0.804. The monoisotopic (exact) mass is 484 g/mol. The van der Waals surface area contributed by atoms with Gasteiger partial charge in [0.05, 0.1) is 15.5 Å². The van der Waals surface area contributed by atoms with Crippen LogP contribution in [0.25, 0.3) is 0 Å². The lowest BCUT2D eigenvalue weighted by molar-refractivity contribution is 0.0951. The molecule has 2 aromatic carbocycles. The third-order valence-electron chi connectivity index (χ3n) is 5.68. The molecule has 0 radical (unpaired) electrons. The quantitative estimate of drug-likeness (QED) is 0.579. The van der Waals surface area contributed by atoms with Crippen LogP contribution in [0.3, 0.4) is 0 Å². The minimum atomic E-state index is -3.67. The number of rotatable bonds is 6. The van der Waals surface area contributed by atoms with Crippen molar-refractivity contribution >= 4 is 33.3 Å². The van der Waals surface area contributed by atoms with Crippen LogP contribution in [0, 0.1) is 0 Å². The Kier molecular flexibility index (Phi) is 6.69. The van der Waals surface area contributed by atoms with Gasteiger partial charge >= 0.3 is 0 Å². The number of hydrogen-bond donors (Lipinski definition) is 1. The number of benzene rings is 2. The number of carbonyl (C=O) groups excluding carboxylic acids is 1. The first-order valence-corrected chi connectivity index (χ1v) is 12.3. The maximum atomic E-state index is 12.7. The van der Waals surface area contributed by atoms with Crippen molar-refractivity contribution in [3.05, 3.63) is 88.1 Å². The first-order valence-electron chi connectivity index (χ1n) is 10.5. The van der Waals surface area contributed by atoms with Gasteiger partial charge in [0.1, 0.15) is 5.82 Å². The number of sulfonamides is 1. The summed E-state index contributed by atoms with van der Waals surface area (Å²) >= 11 is 6.16. The van der Waals surface area contributed by atoms with Gasteiger partial charge in [-0.15, -0.1) is 0 Å². The van der Waals surface area contributed by atoms with Gasteiger partial charge in [-0.3, -0.25) is 4.79 Å². The Morgan fingerprint density at radius 2 is 1.88 bits per heavy atom. The van der Waals surface area contributed by atoms with Crippen LogP contribution in [0.4, 0.5) is 5.82 Å². The number of aromatic nitrogens is 1. The number of halogens is 1. The van der Waals surface area contributed by atoms with Crippen LogP contribution in [-0.4, -0.2) is 44.3 Å². The van der Waals surface area contributed by atoms with E-state index in [9.17, 15) is 13.2 Å². The molecule has 0 spiro atoms. The Hall–Kier alpha value is -2.94. The van der Waals surface area contributed by atoms with Gasteiger partial charge in [0, 0.05) is 39.9 Å². The molecule has 9 heteroatoms. The van der Waals surface area contributed by atoms with Crippen molar-refractivity contribution in [2.75, 3.05) is 25.5 Å². The molecule has 1 N–H and O–H groups in total. The van der Waals surface area contributed by atoms with Gasteiger partial charge in [-0.2, -0.15) is 0 Å². The van der Waals surface area contributed by atoms with Crippen molar-refractivity contribution in [1.29, 1.82) is 0 Å². The molecule has 0 aliphatic carbocycles. The lowest BCUT2D eigenvalue weighted by Gasteiger charge is -2.29. The van der Waals surface area contributed by atoms with Gasteiger partial charge in [0.15, 0.2) is 0 Å². The van der Waals surface area contributed by atoms with E-state index in [2.05, 4.69) is 39.5 Å². The number of carbonyl (C=O) groups is 1. The predicted octanol–water partition coefficient (Wildman–Crippen LogP) is 3.48. The second-order valence-electron chi connectivity index (χ2n) is 8.08. The van der Waals surface area contributed by atoms with Crippen LogP contribution in [0.5, 0.6) is 0 Å². The topological polar surface area (TPSA) is 82.6 Å². The maximum absolute atomic E-state index is 12.7. The van der Waals surface area contributed by atoms with Crippen molar-refractivity contribution < 1.29 is 13.2 Å². The summed E-state index contributed by atoms with van der Waals surface area (Å²) in [6, 6.07) is 16.4. The molecule has 1 aromatic heterocycles. The molecule has 2 heterocycles. The molecule has 0 bridgehead atoms. The number of amides is 1. The Morgan fingerprint density at radius 1 is 1.12 bits per heavy atom. The number of nitrogens with one attached hydrogen (secondary N) is 1. The highest BCUT2D eigenvalue weighted by molar-refractivity contribution is 7.89. The Morgan fingerprint density at radius 3 is 2.58 bits per heavy atom. The second-order valence-corrected chi connectivity index (χ2v) is 10.6. The van der Waals surface area contributed by atoms with Crippen LogP contribution >= 0.6 is 11.6 Å². The zero-order valence-electron chi connectivity index (χ0n) is 18.5. The van der Waals surface area contributed by atoms with Gasteiger partial charge < -0.3 is 10.2 Å². The first kappa shape index (κ1) is 23.2. The van der Waals surface area contributed by atoms with E-state index in [4.69, 9.17) is 11.6 Å². The summed E-state index contributed by atoms with van der Waals surface area (Å²) < 4.78 is 25.8. The molecule has 0 atom stereocenters.